The highest BCUT2D eigenvalue weighted by atomic mass is 123. The molecule has 0 N–H and O–H groups in total. The molecule has 0 aliphatic carbocycles. The summed E-state index contributed by atoms with van der Waals surface area (Å²) in [6.07, 6.45) is 4.11. The van der Waals surface area contributed by atoms with Crippen LogP contribution in [-0.2, 0) is 0 Å². The molecule has 2 aromatic heterocycles. The SMILES string of the molecule is COc1ccc(-c2cn3cc([123I])ccc3n2)cc1. The van der Waals surface area contributed by atoms with Gasteiger partial charge in [0, 0.05) is 21.5 Å². The summed E-state index contributed by atoms with van der Waals surface area (Å²) >= 11 is 2.30. The molecule has 0 saturated heterocycles. The highest BCUT2D eigenvalue weighted by Gasteiger charge is 2.04. The fourth-order valence-electron chi connectivity index (χ4n) is 1.87. The third-order valence-corrected chi connectivity index (χ3v) is 3.44. The molecule has 18 heavy (non-hydrogen) atoms. The molecule has 4 heteroatoms. The van der Waals surface area contributed by atoms with Crippen LogP contribution in [-0.4, -0.2) is 16.5 Å². The third kappa shape index (κ3) is 2.08. The van der Waals surface area contributed by atoms with Crippen molar-refractivity contribution in [3.63, 3.8) is 0 Å². The lowest BCUT2D eigenvalue weighted by atomic mass is 10.2. The minimum absolute atomic E-state index is 0.858. The van der Waals surface area contributed by atoms with Gasteiger partial charge in [-0.05, 0) is 59.0 Å². The molecule has 1 aromatic carbocycles. The van der Waals surface area contributed by atoms with Crippen molar-refractivity contribution in [3.05, 3.63) is 52.4 Å². The number of pyridine rings is 1. The molecule has 0 radical (unpaired) electrons. The predicted molar refractivity (Wildman–Crippen MR) is 79.9 cm³/mol. The number of nitrogens with zero attached hydrogens (tertiary/aromatic N) is 2. The Morgan fingerprint density at radius 1 is 1.06 bits per heavy atom. The molecule has 3 rings (SSSR count). The summed E-state index contributed by atoms with van der Waals surface area (Å²) < 4.78 is 8.39. The Kier molecular flexibility index (Phi) is 2.95. The fraction of sp³-hybridized carbons (Fsp3) is 0.0714. The minimum atomic E-state index is 0.858. The van der Waals surface area contributed by atoms with Gasteiger partial charge >= 0.3 is 0 Å². The van der Waals surface area contributed by atoms with Crippen molar-refractivity contribution in [2.75, 3.05) is 7.11 Å². The van der Waals surface area contributed by atoms with Crippen LogP contribution in [0.4, 0.5) is 0 Å². The Hall–Kier alpha value is -1.56. The van der Waals surface area contributed by atoms with Gasteiger partial charge in [-0.3, -0.25) is 0 Å². The van der Waals surface area contributed by atoms with Crippen molar-refractivity contribution in [1.82, 2.24) is 9.38 Å². The maximum atomic E-state index is 5.15. The maximum Gasteiger partial charge on any atom is 0.137 e. The van der Waals surface area contributed by atoms with Crippen molar-refractivity contribution in [2.24, 2.45) is 0 Å². The smallest absolute Gasteiger partial charge is 0.137 e. The van der Waals surface area contributed by atoms with Gasteiger partial charge in [0.25, 0.3) is 0 Å². The van der Waals surface area contributed by atoms with E-state index in [2.05, 4.69) is 39.8 Å². The summed E-state index contributed by atoms with van der Waals surface area (Å²) in [5.41, 5.74) is 3.02. The molecular weight excluding hydrogens is 335 g/mol. The lowest BCUT2D eigenvalue weighted by molar-refractivity contribution is 0.415. The van der Waals surface area contributed by atoms with E-state index < -0.39 is 0 Å². The Labute approximate surface area is 119 Å². The number of methoxy groups -OCH3 is 1. The van der Waals surface area contributed by atoms with E-state index in [1.54, 1.807) is 7.11 Å². The van der Waals surface area contributed by atoms with Crippen LogP contribution in [0.25, 0.3) is 16.9 Å². The molecule has 0 unspecified atom stereocenters. The van der Waals surface area contributed by atoms with Crippen LogP contribution in [0.1, 0.15) is 0 Å². The molecule has 0 bridgehead atoms. The van der Waals surface area contributed by atoms with Crippen molar-refractivity contribution in [1.29, 1.82) is 0 Å². The first kappa shape index (κ1) is 11.5. The largest absolute Gasteiger partial charge is 0.497 e. The maximum absolute atomic E-state index is 5.15. The minimum Gasteiger partial charge on any atom is -0.497 e. The second kappa shape index (κ2) is 4.61. The first-order valence-electron chi connectivity index (χ1n) is 5.55. The standard InChI is InChI=1S/C14H11IN2O/c1-18-12-5-2-10(3-6-12)13-9-17-8-11(15)4-7-14(17)16-13/h2-9H,1H3/i15-4. The number of rotatable bonds is 2. The van der Waals surface area contributed by atoms with E-state index in [-0.39, 0.29) is 0 Å². The highest BCUT2D eigenvalue weighted by Crippen LogP contribution is 2.22. The van der Waals surface area contributed by atoms with Crippen LogP contribution >= 0.6 is 22.6 Å². The van der Waals surface area contributed by atoms with E-state index >= 15 is 0 Å². The third-order valence-electron chi connectivity index (χ3n) is 2.80. The summed E-state index contributed by atoms with van der Waals surface area (Å²) in [5, 5.41) is 0. The molecule has 2 heterocycles. The number of aromatic nitrogens is 2. The summed E-state index contributed by atoms with van der Waals surface area (Å²) in [6, 6.07) is 12.0. The van der Waals surface area contributed by atoms with Gasteiger partial charge in [0.2, 0.25) is 0 Å². The van der Waals surface area contributed by atoms with Crippen LogP contribution in [0.5, 0.6) is 5.75 Å². The number of imidazole rings is 1. The van der Waals surface area contributed by atoms with Crippen LogP contribution < -0.4 is 4.74 Å². The monoisotopic (exact) mass is 346 g/mol. The van der Waals surface area contributed by atoms with Gasteiger partial charge in [-0.2, -0.15) is 0 Å². The molecule has 0 atom stereocenters. The van der Waals surface area contributed by atoms with Crippen LogP contribution in [0.2, 0.25) is 0 Å². The summed E-state index contributed by atoms with van der Waals surface area (Å²) in [6.45, 7) is 0. The Morgan fingerprint density at radius 3 is 2.56 bits per heavy atom. The van der Waals surface area contributed by atoms with E-state index in [9.17, 15) is 0 Å². The molecule has 0 aliphatic rings. The summed E-state index contributed by atoms with van der Waals surface area (Å²) in [7, 11) is 1.67. The fourth-order valence-corrected chi connectivity index (χ4v) is 2.35. The molecule has 0 spiro atoms. The van der Waals surface area contributed by atoms with E-state index in [0.717, 1.165) is 22.7 Å². The van der Waals surface area contributed by atoms with Gasteiger partial charge in [-0.15, -0.1) is 0 Å². The molecule has 0 amide bonds. The highest BCUT2D eigenvalue weighted by molar-refractivity contribution is 14.1. The van der Waals surface area contributed by atoms with Crippen LogP contribution in [0.3, 0.4) is 0 Å². The van der Waals surface area contributed by atoms with E-state index in [1.807, 2.05) is 40.9 Å². The summed E-state index contributed by atoms with van der Waals surface area (Å²) in [5.74, 6) is 0.858. The number of hydrogen-bond acceptors (Lipinski definition) is 2. The summed E-state index contributed by atoms with van der Waals surface area (Å²) in [4.78, 5) is 4.60. The number of ether oxygens (including phenoxy) is 1. The number of fused-ring (bicyclic) bond motifs is 1. The predicted octanol–water partition coefficient (Wildman–Crippen LogP) is 3.61. The normalized spacial score (nSPS) is 10.8. The lowest BCUT2D eigenvalue weighted by Crippen LogP contribution is -1.82. The molecule has 0 saturated carbocycles. The first-order chi connectivity index (χ1) is 8.76. The average Bonchev–Trinajstić information content (AvgIpc) is 2.81. The van der Waals surface area contributed by atoms with Gasteiger partial charge in [0.05, 0.1) is 12.8 Å². The molecule has 90 valence electrons. The van der Waals surface area contributed by atoms with Crippen molar-refractivity contribution >= 4 is 28.2 Å². The zero-order valence-electron chi connectivity index (χ0n) is 9.80. The van der Waals surface area contributed by atoms with Crippen molar-refractivity contribution in [3.8, 4) is 17.0 Å². The lowest BCUT2D eigenvalue weighted by Gasteiger charge is -1.99. The second-order valence-corrected chi connectivity index (χ2v) is 5.21. The van der Waals surface area contributed by atoms with E-state index in [4.69, 9.17) is 4.74 Å². The second-order valence-electron chi connectivity index (χ2n) is 3.97. The van der Waals surface area contributed by atoms with Gasteiger partial charge in [0.1, 0.15) is 11.4 Å². The first-order valence-corrected chi connectivity index (χ1v) is 6.63. The molecule has 0 aliphatic heterocycles. The molecule has 0 fully saturated rings. The number of benzene rings is 1. The zero-order valence-corrected chi connectivity index (χ0v) is 12.0. The van der Waals surface area contributed by atoms with Gasteiger partial charge in [-0.1, -0.05) is 0 Å². The Bertz CT molecular complexity index is 689. The van der Waals surface area contributed by atoms with Gasteiger partial charge in [-0.25, -0.2) is 4.98 Å². The van der Waals surface area contributed by atoms with E-state index in [0.29, 0.717) is 0 Å². The van der Waals surface area contributed by atoms with Gasteiger partial charge < -0.3 is 9.14 Å². The molecular formula is C14H11IN2O. The Balaban J connectivity index is 2.07. The number of halogens is 1. The average molecular weight is 346 g/mol. The van der Waals surface area contributed by atoms with Crippen molar-refractivity contribution in [2.45, 2.75) is 0 Å². The Morgan fingerprint density at radius 2 is 1.83 bits per heavy atom. The van der Waals surface area contributed by atoms with Gasteiger partial charge in [0.15, 0.2) is 0 Å². The van der Waals surface area contributed by atoms with Crippen molar-refractivity contribution < 1.29 is 4.74 Å². The quantitative estimate of drug-likeness (QED) is 0.663. The van der Waals surface area contributed by atoms with Crippen LogP contribution in [0.15, 0.2) is 48.8 Å². The molecule has 3 aromatic rings. The zero-order chi connectivity index (χ0) is 12.5. The van der Waals surface area contributed by atoms with Crippen LogP contribution in [0, 0.1) is 3.57 Å². The topological polar surface area (TPSA) is 26.5 Å². The number of hydrogen-bond donors (Lipinski definition) is 0. The van der Waals surface area contributed by atoms with E-state index in [1.165, 1.54) is 3.57 Å². The molecule has 3 nitrogen and oxygen atoms in total.